The van der Waals surface area contributed by atoms with Gasteiger partial charge in [0.05, 0.1) is 11.1 Å². The van der Waals surface area contributed by atoms with Crippen LogP contribution in [0.4, 0.5) is 4.39 Å². The minimum absolute atomic E-state index is 0.0338. The molecule has 0 spiro atoms. The van der Waals surface area contributed by atoms with Crippen molar-refractivity contribution in [1.82, 2.24) is 5.32 Å². The molecule has 0 fully saturated rings. The topological polar surface area (TPSA) is 30.5 Å². The van der Waals surface area contributed by atoms with E-state index in [4.69, 9.17) is 9.47 Å². The molecule has 0 aliphatic rings. The zero-order chi connectivity index (χ0) is 14.1. The second-order valence-corrected chi connectivity index (χ2v) is 4.91. The Balaban J connectivity index is 2.86. The van der Waals surface area contributed by atoms with Gasteiger partial charge in [0, 0.05) is 6.54 Å². The highest BCUT2D eigenvalue weighted by atomic mass is 79.9. The van der Waals surface area contributed by atoms with Crippen molar-refractivity contribution in [2.75, 3.05) is 26.4 Å². The minimum Gasteiger partial charge on any atom is -0.490 e. The molecule has 3 nitrogen and oxygen atoms in total. The van der Waals surface area contributed by atoms with Crippen LogP contribution in [0, 0.1) is 0 Å². The Morgan fingerprint density at radius 1 is 1.26 bits per heavy atom. The van der Waals surface area contributed by atoms with E-state index in [2.05, 4.69) is 28.2 Å². The average molecular weight is 334 g/mol. The lowest BCUT2D eigenvalue weighted by Crippen LogP contribution is -2.14. The molecule has 0 aliphatic carbocycles. The number of ether oxygens (including phenoxy) is 2. The first-order valence-electron chi connectivity index (χ1n) is 6.57. The van der Waals surface area contributed by atoms with E-state index in [9.17, 15) is 4.39 Å². The van der Waals surface area contributed by atoms with Crippen LogP contribution in [0.15, 0.2) is 16.6 Å². The smallest absolute Gasteiger partial charge is 0.175 e. The highest BCUT2D eigenvalue weighted by Crippen LogP contribution is 2.36. The SMILES string of the molecule is CCCNCc1cc(Br)c(OCCF)c(OCC)c1. The maximum absolute atomic E-state index is 12.2. The number of benzene rings is 1. The van der Waals surface area contributed by atoms with E-state index in [1.807, 2.05) is 19.1 Å². The lowest BCUT2D eigenvalue weighted by molar-refractivity contribution is 0.250. The van der Waals surface area contributed by atoms with E-state index in [0.717, 1.165) is 29.5 Å². The number of hydrogen-bond donors (Lipinski definition) is 1. The Hall–Kier alpha value is -0.810. The van der Waals surface area contributed by atoms with Gasteiger partial charge in [0.15, 0.2) is 11.5 Å². The molecule has 0 saturated heterocycles. The monoisotopic (exact) mass is 333 g/mol. The Morgan fingerprint density at radius 2 is 2.05 bits per heavy atom. The lowest BCUT2D eigenvalue weighted by atomic mass is 10.2. The van der Waals surface area contributed by atoms with Gasteiger partial charge in [-0.3, -0.25) is 0 Å². The first-order valence-corrected chi connectivity index (χ1v) is 7.36. The normalized spacial score (nSPS) is 10.5. The summed E-state index contributed by atoms with van der Waals surface area (Å²) in [6, 6.07) is 3.91. The Bertz CT molecular complexity index is 388. The largest absolute Gasteiger partial charge is 0.490 e. The first kappa shape index (κ1) is 16.2. The molecular weight excluding hydrogens is 313 g/mol. The second kappa shape index (κ2) is 9.15. The van der Waals surface area contributed by atoms with Crippen molar-refractivity contribution in [3.8, 4) is 11.5 Å². The summed E-state index contributed by atoms with van der Waals surface area (Å²) in [6.45, 7) is 5.85. The van der Waals surface area contributed by atoms with Crippen LogP contribution >= 0.6 is 15.9 Å². The molecule has 0 saturated carbocycles. The molecule has 1 N–H and O–H groups in total. The van der Waals surface area contributed by atoms with Gasteiger partial charge in [-0.05, 0) is 53.5 Å². The van der Waals surface area contributed by atoms with Crippen LogP contribution < -0.4 is 14.8 Å². The van der Waals surface area contributed by atoms with Crippen molar-refractivity contribution >= 4 is 15.9 Å². The van der Waals surface area contributed by atoms with Crippen LogP contribution in [0.2, 0.25) is 0 Å². The molecule has 1 aromatic rings. The van der Waals surface area contributed by atoms with Gasteiger partial charge >= 0.3 is 0 Å². The number of alkyl halides is 1. The third-order valence-electron chi connectivity index (χ3n) is 2.45. The first-order chi connectivity index (χ1) is 9.22. The van der Waals surface area contributed by atoms with E-state index in [1.165, 1.54) is 0 Å². The molecule has 0 aromatic heterocycles. The summed E-state index contributed by atoms with van der Waals surface area (Å²) in [5.41, 5.74) is 1.11. The molecule has 0 bridgehead atoms. The Labute approximate surface area is 122 Å². The third kappa shape index (κ3) is 5.37. The van der Waals surface area contributed by atoms with Crippen molar-refractivity contribution in [2.24, 2.45) is 0 Å². The van der Waals surface area contributed by atoms with Gasteiger partial charge in [-0.2, -0.15) is 0 Å². The second-order valence-electron chi connectivity index (χ2n) is 4.05. The van der Waals surface area contributed by atoms with Crippen molar-refractivity contribution in [3.05, 3.63) is 22.2 Å². The van der Waals surface area contributed by atoms with Gasteiger partial charge in [-0.1, -0.05) is 6.92 Å². The number of nitrogens with one attached hydrogen (secondary N) is 1. The van der Waals surface area contributed by atoms with Crippen molar-refractivity contribution in [3.63, 3.8) is 0 Å². The van der Waals surface area contributed by atoms with E-state index in [0.29, 0.717) is 18.1 Å². The summed E-state index contributed by atoms with van der Waals surface area (Å²) in [5.74, 6) is 1.22. The van der Waals surface area contributed by atoms with E-state index >= 15 is 0 Å². The molecule has 1 rings (SSSR count). The van der Waals surface area contributed by atoms with E-state index < -0.39 is 6.67 Å². The van der Waals surface area contributed by atoms with Gasteiger partial charge in [-0.25, -0.2) is 4.39 Å². The Morgan fingerprint density at radius 3 is 2.68 bits per heavy atom. The van der Waals surface area contributed by atoms with Crippen molar-refractivity contribution in [1.29, 1.82) is 0 Å². The minimum atomic E-state index is -0.516. The quantitative estimate of drug-likeness (QED) is 0.699. The highest BCUT2D eigenvalue weighted by Gasteiger charge is 2.12. The third-order valence-corrected chi connectivity index (χ3v) is 3.04. The highest BCUT2D eigenvalue weighted by molar-refractivity contribution is 9.10. The average Bonchev–Trinajstić information content (AvgIpc) is 2.38. The number of rotatable bonds is 9. The van der Waals surface area contributed by atoms with Gasteiger partial charge in [0.25, 0.3) is 0 Å². The molecule has 1 aromatic carbocycles. The van der Waals surface area contributed by atoms with Gasteiger partial charge in [-0.15, -0.1) is 0 Å². The van der Waals surface area contributed by atoms with Crippen molar-refractivity contribution in [2.45, 2.75) is 26.8 Å². The molecule has 0 aliphatic heterocycles. The molecular formula is C14H21BrFNO2. The van der Waals surface area contributed by atoms with Crippen LogP contribution in [-0.2, 0) is 6.54 Å². The molecule has 19 heavy (non-hydrogen) atoms. The number of hydrogen-bond acceptors (Lipinski definition) is 3. The molecule has 0 radical (unpaired) electrons. The summed E-state index contributed by atoms with van der Waals surface area (Å²) in [7, 11) is 0. The van der Waals surface area contributed by atoms with Crippen LogP contribution in [0.1, 0.15) is 25.8 Å². The lowest BCUT2D eigenvalue weighted by Gasteiger charge is -2.15. The van der Waals surface area contributed by atoms with Crippen LogP contribution in [-0.4, -0.2) is 26.4 Å². The number of halogens is 2. The predicted octanol–water partition coefficient (Wildman–Crippen LogP) is 3.70. The fourth-order valence-corrected chi connectivity index (χ4v) is 2.28. The summed E-state index contributed by atoms with van der Waals surface area (Å²) in [6.07, 6.45) is 1.09. The van der Waals surface area contributed by atoms with E-state index in [1.54, 1.807) is 0 Å². The summed E-state index contributed by atoms with van der Waals surface area (Å²) in [5, 5.41) is 3.33. The molecule has 0 heterocycles. The summed E-state index contributed by atoms with van der Waals surface area (Å²) < 4.78 is 24.0. The molecule has 0 amide bonds. The standard InChI is InChI=1S/C14H21BrFNO2/c1-3-6-17-10-11-8-12(15)14(19-7-5-16)13(9-11)18-4-2/h8-9,17H,3-7,10H2,1-2H3. The fourth-order valence-electron chi connectivity index (χ4n) is 1.68. The maximum Gasteiger partial charge on any atom is 0.175 e. The predicted molar refractivity (Wildman–Crippen MR) is 78.8 cm³/mol. The Kier molecular flexibility index (Phi) is 7.82. The zero-order valence-electron chi connectivity index (χ0n) is 11.5. The van der Waals surface area contributed by atoms with Gasteiger partial charge < -0.3 is 14.8 Å². The fraction of sp³-hybridized carbons (Fsp3) is 0.571. The van der Waals surface area contributed by atoms with Gasteiger partial charge in [0.2, 0.25) is 0 Å². The van der Waals surface area contributed by atoms with E-state index in [-0.39, 0.29) is 6.61 Å². The molecule has 0 atom stereocenters. The maximum atomic E-state index is 12.2. The van der Waals surface area contributed by atoms with Crippen LogP contribution in [0.3, 0.4) is 0 Å². The zero-order valence-corrected chi connectivity index (χ0v) is 13.1. The summed E-state index contributed by atoms with van der Waals surface area (Å²) in [4.78, 5) is 0. The van der Waals surface area contributed by atoms with Gasteiger partial charge in [0.1, 0.15) is 13.3 Å². The van der Waals surface area contributed by atoms with Crippen LogP contribution in [0.25, 0.3) is 0 Å². The molecule has 5 heteroatoms. The summed E-state index contributed by atoms with van der Waals surface area (Å²) >= 11 is 3.45. The molecule has 108 valence electrons. The van der Waals surface area contributed by atoms with Crippen molar-refractivity contribution < 1.29 is 13.9 Å². The molecule has 0 unspecified atom stereocenters. The van der Waals surface area contributed by atoms with Crippen LogP contribution in [0.5, 0.6) is 11.5 Å².